The molecule has 19 heavy (non-hydrogen) atoms. The molecule has 0 aliphatic rings. The topological polar surface area (TPSA) is 82.5 Å². The van der Waals surface area contributed by atoms with Gasteiger partial charge in [0, 0.05) is 13.2 Å². The number of nitrogens with zero attached hydrogens (tertiary/aromatic N) is 2. The van der Waals surface area contributed by atoms with Crippen molar-refractivity contribution in [3.63, 3.8) is 0 Å². The van der Waals surface area contributed by atoms with Crippen LogP contribution in [0.15, 0.2) is 35.8 Å². The van der Waals surface area contributed by atoms with Gasteiger partial charge < -0.3 is 5.11 Å². The lowest BCUT2D eigenvalue weighted by Crippen LogP contribution is -2.31. The van der Waals surface area contributed by atoms with Gasteiger partial charge in [0.15, 0.2) is 0 Å². The summed E-state index contributed by atoms with van der Waals surface area (Å²) in [6, 6.07) is 6.20. The molecule has 0 aliphatic heterocycles. The molecule has 2 N–H and O–H groups in total. The summed E-state index contributed by atoms with van der Waals surface area (Å²) in [7, 11) is 1.56. The van der Waals surface area contributed by atoms with E-state index in [2.05, 4.69) is 10.3 Å². The van der Waals surface area contributed by atoms with Crippen LogP contribution in [0.4, 0.5) is 15.6 Å². The van der Waals surface area contributed by atoms with Crippen molar-refractivity contribution in [2.75, 3.05) is 17.3 Å². The molecule has 0 fully saturated rings. The number of carboxylic acid groups (broad SMARTS) is 1. The second kappa shape index (κ2) is 5.49. The summed E-state index contributed by atoms with van der Waals surface area (Å²) in [4.78, 5) is 28.3. The van der Waals surface area contributed by atoms with Gasteiger partial charge in [-0.05, 0) is 23.6 Å². The van der Waals surface area contributed by atoms with E-state index in [1.807, 2.05) is 0 Å². The molecule has 0 saturated heterocycles. The number of urea groups is 1. The zero-order chi connectivity index (χ0) is 13.8. The molecule has 2 aromatic rings. The van der Waals surface area contributed by atoms with Gasteiger partial charge in [0.2, 0.25) is 0 Å². The Morgan fingerprint density at radius 3 is 2.79 bits per heavy atom. The largest absolute Gasteiger partial charge is 0.478 e. The van der Waals surface area contributed by atoms with Crippen molar-refractivity contribution in [1.29, 1.82) is 0 Å². The molecule has 0 bridgehead atoms. The highest BCUT2D eigenvalue weighted by Crippen LogP contribution is 2.23. The second-order valence-electron chi connectivity index (χ2n) is 3.65. The van der Waals surface area contributed by atoms with Gasteiger partial charge in [0.05, 0.1) is 5.56 Å². The van der Waals surface area contributed by atoms with Crippen LogP contribution in [0.5, 0.6) is 0 Å². The lowest BCUT2D eigenvalue weighted by molar-refractivity contribution is 0.0698. The zero-order valence-electron chi connectivity index (χ0n) is 10.0. The summed E-state index contributed by atoms with van der Waals surface area (Å²) < 4.78 is 0. The molecule has 98 valence electrons. The van der Waals surface area contributed by atoms with Crippen molar-refractivity contribution in [3.05, 3.63) is 41.4 Å². The van der Waals surface area contributed by atoms with Gasteiger partial charge in [0.25, 0.3) is 0 Å². The Balaban J connectivity index is 2.13. The Hall–Kier alpha value is -2.41. The molecule has 0 saturated carbocycles. The smallest absolute Gasteiger partial charge is 0.338 e. The third kappa shape index (κ3) is 2.89. The summed E-state index contributed by atoms with van der Waals surface area (Å²) in [5.74, 6) is -0.592. The van der Waals surface area contributed by atoms with Crippen molar-refractivity contribution in [1.82, 2.24) is 4.98 Å². The first-order valence-electron chi connectivity index (χ1n) is 5.36. The fourth-order valence-corrected chi connectivity index (χ4v) is 2.18. The lowest BCUT2D eigenvalue weighted by atomic mass is 10.3. The number of carbonyl (C=O) groups is 2. The number of carboxylic acids is 1. The average Bonchev–Trinajstić information content (AvgIpc) is 2.87. The van der Waals surface area contributed by atoms with Gasteiger partial charge in [-0.2, -0.15) is 0 Å². The fourth-order valence-electron chi connectivity index (χ4n) is 1.41. The van der Waals surface area contributed by atoms with Crippen molar-refractivity contribution in [2.45, 2.75) is 0 Å². The van der Waals surface area contributed by atoms with Gasteiger partial charge in [-0.15, -0.1) is 11.3 Å². The molecule has 0 atom stereocenters. The van der Waals surface area contributed by atoms with Crippen LogP contribution in [-0.4, -0.2) is 29.1 Å². The van der Waals surface area contributed by atoms with Crippen molar-refractivity contribution < 1.29 is 14.7 Å². The number of amides is 2. The molecule has 2 amide bonds. The SMILES string of the molecule is CN(C(=O)Nc1sccc1C(=O)O)c1ccccn1. The van der Waals surface area contributed by atoms with Crippen LogP contribution in [0.25, 0.3) is 0 Å². The summed E-state index contributed by atoms with van der Waals surface area (Å²) in [5.41, 5.74) is 0.0766. The van der Waals surface area contributed by atoms with Crippen LogP contribution in [0.3, 0.4) is 0 Å². The molecule has 0 spiro atoms. The van der Waals surface area contributed by atoms with Crippen LogP contribution in [0, 0.1) is 0 Å². The number of rotatable bonds is 3. The van der Waals surface area contributed by atoms with Gasteiger partial charge in [-0.1, -0.05) is 6.07 Å². The quantitative estimate of drug-likeness (QED) is 0.903. The molecule has 2 rings (SSSR count). The summed E-state index contributed by atoms with van der Waals surface area (Å²) in [6.07, 6.45) is 1.58. The summed E-state index contributed by atoms with van der Waals surface area (Å²) in [6.45, 7) is 0. The van der Waals surface area contributed by atoms with Gasteiger partial charge in [-0.3, -0.25) is 10.2 Å². The number of aromatic nitrogens is 1. The maximum absolute atomic E-state index is 12.0. The van der Waals surface area contributed by atoms with E-state index in [1.165, 1.54) is 11.0 Å². The van der Waals surface area contributed by atoms with Crippen LogP contribution >= 0.6 is 11.3 Å². The second-order valence-corrected chi connectivity index (χ2v) is 4.56. The van der Waals surface area contributed by atoms with Crippen LogP contribution in [0.1, 0.15) is 10.4 Å². The lowest BCUT2D eigenvalue weighted by Gasteiger charge is -2.16. The maximum Gasteiger partial charge on any atom is 0.338 e. The van der Waals surface area contributed by atoms with E-state index >= 15 is 0 Å². The predicted octanol–water partition coefficient (Wildman–Crippen LogP) is 2.51. The number of thiophene rings is 1. The third-order valence-corrected chi connectivity index (χ3v) is 3.24. The number of pyridine rings is 1. The Kier molecular flexibility index (Phi) is 3.76. The maximum atomic E-state index is 12.0. The minimum absolute atomic E-state index is 0.0766. The highest BCUT2D eigenvalue weighted by Gasteiger charge is 2.17. The predicted molar refractivity (Wildman–Crippen MR) is 72.9 cm³/mol. The monoisotopic (exact) mass is 277 g/mol. The van der Waals surface area contributed by atoms with Gasteiger partial charge >= 0.3 is 12.0 Å². The van der Waals surface area contributed by atoms with E-state index in [1.54, 1.807) is 36.8 Å². The number of nitrogens with one attached hydrogen (secondary N) is 1. The first kappa shape index (κ1) is 13.0. The molecule has 6 nitrogen and oxygen atoms in total. The van der Waals surface area contributed by atoms with Crippen molar-refractivity contribution >= 4 is 34.2 Å². The molecule has 7 heteroatoms. The Morgan fingerprint density at radius 1 is 1.37 bits per heavy atom. The molecule has 2 aromatic heterocycles. The first-order chi connectivity index (χ1) is 9.09. The van der Waals surface area contributed by atoms with Crippen LogP contribution in [-0.2, 0) is 0 Å². The van der Waals surface area contributed by atoms with Crippen LogP contribution in [0.2, 0.25) is 0 Å². The highest BCUT2D eigenvalue weighted by atomic mass is 32.1. The molecular formula is C12H11N3O3S. The Morgan fingerprint density at radius 2 is 2.16 bits per heavy atom. The summed E-state index contributed by atoms with van der Waals surface area (Å²) in [5, 5.41) is 13.4. The van der Waals surface area contributed by atoms with Gasteiger partial charge in [-0.25, -0.2) is 14.6 Å². The molecule has 2 heterocycles. The van der Waals surface area contributed by atoms with E-state index in [4.69, 9.17) is 5.11 Å². The minimum atomic E-state index is -1.07. The number of carbonyl (C=O) groups excluding carboxylic acids is 1. The minimum Gasteiger partial charge on any atom is -0.478 e. The fraction of sp³-hybridized carbons (Fsp3) is 0.0833. The Bertz CT molecular complexity index is 597. The van der Waals surface area contributed by atoms with E-state index in [0.717, 1.165) is 11.3 Å². The normalized spacial score (nSPS) is 9.95. The van der Waals surface area contributed by atoms with E-state index in [-0.39, 0.29) is 5.56 Å². The van der Waals surface area contributed by atoms with E-state index in [0.29, 0.717) is 10.8 Å². The van der Waals surface area contributed by atoms with Crippen molar-refractivity contribution in [3.8, 4) is 0 Å². The standard InChI is InChI=1S/C12H11N3O3S/c1-15(9-4-2-3-6-13-9)12(18)14-10-8(11(16)17)5-7-19-10/h2-7H,1H3,(H,14,18)(H,16,17). The molecular weight excluding hydrogens is 266 g/mol. The highest BCUT2D eigenvalue weighted by molar-refractivity contribution is 7.14. The molecule has 0 aromatic carbocycles. The van der Waals surface area contributed by atoms with Gasteiger partial charge in [0.1, 0.15) is 10.8 Å². The average molecular weight is 277 g/mol. The van der Waals surface area contributed by atoms with E-state index < -0.39 is 12.0 Å². The van der Waals surface area contributed by atoms with Crippen LogP contribution < -0.4 is 10.2 Å². The zero-order valence-corrected chi connectivity index (χ0v) is 10.8. The molecule has 0 radical (unpaired) electrons. The number of aromatic carboxylic acids is 1. The third-order valence-electron chi connectivity index (χ3n) is 2.41. The molecule has 0 aliphatic carbocycles. The Labute approximate surface area is 113 Å². The number of hydrogen-bond acceptors (Lipinski definition) is 4. The number of anilines is 2. The van der Waals surface area contributed by atoms with E-state index in [9.17, 15) is 9.59 Å². The molecule has 0 unspecified atom stereocenters. The van der Waals surface area contributed by atoms with Crippen molar-refractivity contribution in [2.24, 2.45) is 0 Å². The summed E-state index contributed by atoms with van der Waals surface area (Å²) >= 11 is 1.16. The first-order valence-corrected chi connectivity index (χ1v) is 6.24. The number of hydrogen-bond donors (Lipinski definition) is 2.